The normalized spacial score (nSPS) is 12.7. The summed E-state index contributed by atoms with van der Waals surface area (Å²) in [5.74, 6) is -0.236. The van der Waals surface area contributed by atoms with Crippen molar-refractivity contribution in [2.75, 3.05) is 7.05 Å². The van der Waals surface area contributed by atoms with Crippen LogP contribution < -0.4 is 5.32 Å². The van der Waals surface area contributed by atoms with Gasteiger partial charge < -0.3 is 5.32 Å². The molecule has 108 valence electrons. The second-order valence-electron chi connectivity index (χ2n) is 5.03. The number of hydrogen-bond acceptors (Lipinski definition) is 2. The topological polar surface area (TPSA) is 29.9 Å². The molecule has 3 nitrogen and oxygen atoms in total. The average molecular weight is 340 g/mol. The van der Waals surface area contributed by atoms with Crippen LogP contribution in [0, 0.1) is 19.7 Å². The zero-order valence-corrected chi connectivity index (χ0v) is 13.8. The standard InChI is InChI=1S/C15H19BrFN3/c1-9(18-4)15-10(2)19-20(11(15)3)8-12-5-13(16)7-14(17)6-12/h5-7,9,18H,8H2,1-4H3. The van der Waals surface area contributed by atoms with Gasteiger partial charge in [-0.2, -0.15) is 5.10 Å². The molecule has 2 aromatic rings. The van der Waals surface area contributed by atoms with Gasteiger partial charge in [0, 0.05) is 21.8 Å². The summed E-state index contributed by atoms with van der Waals surface area (Å²) in [5.41, 5.74) is 4.23. The Labute approximate surface area is 127 Å². The predicted octanol–water partition coefficient (Wildman–Crippen LogP) is 3.73. The molecular weight excluding hydrogens is 321 g/mol. The van der Waals surface area contributed by atoms with Gasteiger partial charge in [0.15, 0.2) is 0 Å². The second kappa shape index (κ2) is 6.06. The Morgan fingerprint density at radius 2 is 2.05 bits per heavy atom. The van der Waals surface area contributed by atoms with Crippen LogP contribution in [-0.2, 0) is 6.54 Å². The highest BCUT2D eigenvalue weighted by Gasteiger charge is 2.16. The lowest BCUT2D eigenvalue weighted by molar-refractivity contribution is 0.612. The number of rotatable bonds is 4. The SMILES string of the molecule is CNC(C)c1c(C)nn(Cc2cc(F)cc(Br)c2)c1C. The molecule has 0 radical (unpaired) electrons. The number of halogens is 2. The Hall–Kier alpha value is -1.20. The van der Waals surface area contributed by atoms with Crippen molar-refractivity contribution in [2.45, 2.75) is 33.4 Å². The van der Waals surface area contributed by atoms with Gasteiger partial charge in [0.1, 0.15) is 5.82 Å². The van der Waals surface area contributed by atoms with Crippen LogP contribution in [0.5, 0.6) is 0 Å². The Morgan fingerprint density at radius 3 is 2.65 bits per heavy atom. The van der Waals surface area contributed by atoms with E-state index in [0.29, 0.717) is 6.54 Å². The number of nitrogens with zero attached hydrogens (tertiary/aromatic N) is 2. The monoisotopic (exact) mass is 339 g/mol. The molecule has 1 unspecified atom stereocenters. The number of aromatic nitrogens is 2. The molecule has 20 heavy (non-hydrogen) atoms. The molecule has 0 amide bonds. The third kappa shape index (κ3) is 3.10. The summed E-state index contributed by atoms with van der Waals surface area (Å²) >= 11 is 3.32. The van der Waals surface area contributed by atoms with Gasteiger partial charge >= 0.3 is 0 Å². The first kappa shape index (κ1) is 15.2. The van der Waals surface area contributed by atoms with Gasteiger partial charge in [-0.15, -0.1) is 0 Å². The Balaban J connectivity index is 2.35. The molecule has 0 aliphatic rings. The molecule has 0 aliphatic heterocycles. The van der Waals surface area contributed by atoms with Crippen molar-refractivity contribution in [3.63, 3.8) is 0 Å². The van der Waals surface area contributed by atoms with Crippen molar-refractivity contribution >= 4 is 15.9 Å². The first-order chi connectivity index (χ1) is 9.42. The number of hydrogen-bond donors (Lipinski definition) is 1. The van der Waals surface area contributed by atoms with Crippen LogP contribution in [0.1, 0.15) is 35.5 Å². The van der Waals surface area contributed by atoms with Crippen LogP contribution >= 0.6 is 15.9 Å². The molecule has 0 bridgehead atoms. The van der Waals surface area contributed by atoms with E-state index < -0.39 is 0 Å². The third-order valence-corrected chi connectivity index (χ3v) is 4.02. The smallest absolute Gasteiger partial charge is 0.124 e. The Bertz CT molecular complexity index is 602. The van der Waals surface area contributed by atoms with E-state index in [0.717, 1.165) is 21.4 Å². The summed E-state index contributed by atoms with van der Waals surface area (Å²) in [4.78, 5) is 0. The Kier molecular flexibility index (Phi) is 4.60. The lowest BCUT2D eigenvalue weighted by atomic mass is 10.1. The number of nitrogens with one attached hydrogen (secondary N) is 1. The maximum Gasteiger partial charge on any atom is 0.124 e. The summed E-state index contributed by atoms with van der Waals surface area (Å²) in [7, 11) is 1.94. The third-order valence-electron chi connectivity index (χ3n) is 3.56. The van der Waals surface area contributed by atoms with E-state index in [9.17, 15) is 4.39 Å². The largest absolute Gasteiger partial charge is 0.313 e. The predicted molar refractivity (Wildman–Crippen MR) is 82.4 cm³/mol. The molecule has 2 rings (SSSR count). The fraction of sp³-hybridized carbons (Fsp3) is 0.400. The molecule has 0 saturated heterocycles. The molecular formula is C15H19BrFN3. The average Bonchev–Trinajstić information content (AvgIpc) is 2.62. The minimum atomic E-state index is -0.236. The molecule has 5 heteroatoms. The van der Waals surface area contributed by atoms with E-state index >= 15 is 0 Å². The van der Waals surface area contributed by atoms with Crippen molar-refractivity contribution in [2.24, 2.45) is 0 Å². The maximum atomic E-state index is 13.4. The van der Waals surface area contributed by atoms with Crippen molar-refractivity contribution in [3.05, 3.63) is 51.0 Å². The highest BCUT2D eigenvalue weighted by Crippen LogP contribution is 2.22. The highest BCUT2D eigenvalue weighted by atomic mass is 79.9. The van der Waals surface area contributed by atoms with Crippen LogP contribution in [0.2, 0.25) is 0 Å². The van der Waals surface area contributed by atoms with Gasteiger partial charge in [0.05, 0.1) is 12.2 Å². The lowest BCUT2D eigenvalue weighted by Gasteiger charge is -2.11. The lowest BCUT2D eigenvalue weighted by Crippen LogP contribution is -2.14. The van der Waals surface area contributed by atoms with Gasteiger partial charge in [0.2, 0.25) is 0 Å². The van der Waals surface area contributed by atoms with E-state index in [1.165, 1.54) is 11.6 Å². The van der Waals surface area contributed by atoms with Crippen LogP contribution in [0.4, 0.5) is 4.39 Å². The summed E-state index contributed by atoms with van der Waals surface area (Å²) in [6.07, 6.45) is 0. The summed E-state index contributed by atoms with van der Waals surface area (Å²) in [6, 6.07) is 5.17. The highest BCUT2D eigenvalue weighted by molar-refractivity contribution is 9.10. The first-order valence-electron chi connectivity index (χ1n) is 6.58. The molecule has 0 fully saturated rings. The first-order valence-corrected chi connectivity index (χ1v) is 7.37. The zero-order chi connectivity index (χ0) is 14.9. The number of benzene rings is 1. The minimum absolute atomic E-state index is 0.236. The molecule has 0 saturated carbocycles. The summed E-state index contributed by atoms with van der Waals surface area (Å²) in [6.45, 7) is 6.74. The van der Waals surface area contributed by atoms with Crippen molar-refractivity contribution in [1.29, 1.82) is 0 Å². The Morgan fingerprint density at radius 1 is 1.35 bits per heavy atom. The second-order valence-corrected chi connectivity index (χ2v) is 5.95. The molecule has 0 spiro atoms. The fourth-order valence-electron chi connectivity index (χ4n) is 2.51. The maximum absolute atomic E-state index is 13.4. The summed E-state index contributed by atoms with van der Waals surface area (Å²) < 4.78 is 16.1. The quantitative estimate of drug-likeness (QED) is 0.919. The van der Waals surface area contributed by atoms with Gasteiger partial charge in [-0.1, -0.05) is 15.9 Å². The van der Waals surface area contributed by atoms with E-state index in [1.54, 1.807) is 6.07 Å². The van der Waals surface area contributed by atoms with Crippen LogP contribution in [0.25, 0.3) is 0 Å². The zero-order valence-electron chi connectivity index (χ0n) is 12.2. The van der Waals surface area contributed by atoms with Crippen LogP contribution in [-0.4, -0.2) is 16.8 Å². The molecule has 1 aromatic heterocycles. The van der Waals surface area contributed by atoms with Gasteiger partial charge in [0.25, 0.3) is 0 Å². The van der Waals surface area contributed by atoms with E-state index in [1.807, 2.05) is 24.7 Å². The van der Waals surface area contributed by atoms with Crippen molar-refractivity contribution < 1.29 is 4.39 Å². The van der Waals surface area contributed by atoms with Crippen LogP contribution in [0.3, 0.4) is 0 Å². The fourth-order valence-corrected chi connectivity index (χ4v) is 3.02. The number of aryl methyl sites for hydroxylation is 1. The van der Waals surface area contributed by atoms with Crippen molar-refractivity contribution in [1.82, 2.24) is 15.1 Å². The van der Waals surface area contributed by atoms with Gasteiger partial charge in [-0.25, -0.2) is 4.39 Å². The molecule has 1 atom stereocenters. The molecule has 0 aliphatic carbocycles. The minimum Gasteiger partial charge on any atom is -0.313 e. The van der Waals surface area contributed by atoms with Crippen LogP contribution in [0.15, 0.2) is 22.7 Å². The molecule has 1 heterocycles. The summed E-state index contributed by atoms with van der Waals surface area (Å²) in [5, 5.41) is 7.81. The van der Waals surface area contributed by atoms with E-state index in [4.69, 9.17) is 0 Å². The van der Waals surface area contributed by atoms with E-state index in [2.05, 4.69) is 40.2 Å². The van der Waals surface area contributed by atoms with E-state index in [-0.39, 0.29) is 11.9 Å². The van der Waals surface area contributed by atoms with Gasteiger partial charge in [-0.3, -0.25) is 4.68 Å². The molecule has 1 N–H and O–H groups in total. The molecule has 1 aromatic carbocycles. The van der Waals surface area contributed by atoms with Crippen molar-refractivity contribution in [3.8, 4) is 0 Å². The van der Waals surface area contributed by atoms with Gasteiger partial charge in [-0.05, 0) is 51.6 Å².